The normalized spacial score (nSPS) is 12.3. The quantitative estimate of drug-likeness (QED) is 0.123. The Hall–Kier alpha value is -5.31. The third-order valence-electron chi connectivity index (χ3n) is 6.34. The maximum atomic E-state index is 13.2. The number of amides is 2. The number of fused-ring (bicyclic) bond motifs is 1. The number of nitrogens with zero attached hydrogens (tertiary/aromatic N) is 2. The second-order valence-electron chi connectivity index (χ2n) is 9.02. The number of nitro benzene ring substituents is 1. The largest absolute Gasteiger partial charge is 0.457 e. The molecule has 39 heavy (non-hydrogen) atoms. The highest BCUT2D eigenvalue weighted by Gasteiger charge is 2.38. The second kappa shape index (κ2) is 10.2. The van der Waals surface area contributed by atoms with Crippen molar-refractivity contribution in [2.24, 2.45) is 0 Å². The van der Waals surface area contributed by atoms with Gasteiger partial charge in [0.2, 0.25) is 0 Å². The van der Waals surface area contributed by atoms with E-state index in [9.17, 15) is 24.5 Å². The summed E-state index contributed by atoms with van der Waals surface area (Å²) in [7, 11) is 0. The molecule has 2 amide bonds. The van der Waals surface area contributed by atoms with Crippen molar-refractivity contribution in [2.75, 3.05) is 4.90 Å². The zero-order valence-corrected chi connectivity index (χ0v) is 21.0. The molecule has 0 saturated heterocycles. The number of esters is 1. The molecule has 0 spiro atoms. The van der Waals surface area contributed by atoms with Crippen molar-refractivity contribution in [3.05, 3.63) is 128 Å². The molecule has 9 nitrogen and oxygen atoms in total. The standard InChI is InChI=1S/C30H22N2O7/c1-18-5-3-6-19(2)27(18)31-28(33)25-14-9-21(16-26(25)29(31)34)30(35)38-17-20-7-4-8-24(15-20)39-23-12-10-22(11-13-23)32(36)37/h3-16H,17H2,1-2H3. The lowest BCUT2D eigenvalue weighted by molar-refractivity contribution is -0.384. The molecule has 0 N–H and O–H groups in total. The molecular formula is C30H22N2O7. The first kappa shape index (κ1) is 25.3. The Labute approximate surface area is 223 Å². The zero-order valence-electron chi connectivity index (χ0n) is 21.0. The first-order chi connectivity index (χ1) is 18.7. The Morgan fingerprint density at radius 2 is 1.49 bits per heavy atom. The van der Waals surface area contributed by atoms with Crippen LogP contribution in [0.5, 0.6) is 11.5 Å². The van der Waals surface area contributed by atoms with Gasteiger partial charge in [-0.25, -0.2) is 9.69 Å². The van der Waals surface area contributed by atoms with Crippen LogP contribution in [0, 0.1) is 24.0 Å². The number of carbonyl (C=O) groups excluding carboxylic acids is 3. The van der Waals surface area contributed by atoms with Gasteiger partial charge in [-0.3, -0.25) is 19.7 Å². The summed E-state index contributed by atoms with van der Waals surface area (Å²) in [4.78, 5) is 50.6. The molecule has 0 radical (unpaired) electrons. The molecule has 0 aromatic heterocycles. The minimum Gasteiger partial charge on any atom is -0.457 e. The maximum Gasteiger partial charge on any atom is 0.338 e. The molecule has 194 valence electrons. The van der Waals surface area contributed by atoms with E-state index in [-0.39, 0.29) is 29.0 Å². The van der Waals surface area contributed by atoms with Crippen molar-refractivity contribution in [3.8, 4) is 11.5 Å². The highest BCUT2D eigenvalue weighted by Crippen LogP contribution is 2.33. The summed E-state index contributed by atoms with van der Waals surface area (Å²) in [6.07, 6.45) is 0. The number of ether oxygens (including phenoxy) is 2. The fraction of sp³-hybridized carbons (Fsp3) is 0.100. The van der Waals surface area contributed by atoms with E-state index in [1.165, 1.54) is 42.5 Å². The smallest absolute Gasteiger partial charge is 0.338 e. The summed E-state index contributed by atoms with van der Waals surface area (Å²) in [5.74, 6) is -0.687. The first-order valence-corrected chi connectivity index (χ1v) is 12.0. The molecule has 4 aromatic rings. The van der Waals surface area contributed by atoms with Gasteiger partial charge in [-0.1, -0.05) is 30.3 Å². The lowest BCUT2D eigenvalue weighted by atomic mass is 10.1. The van der Waals surface area contributed by atoms with Crippen molar-refractivity contribution in [1.29, 1.82) is 0 Å². The van der Waals surface area contributed by atoms with E-state index in [1.807, 2.05) is 32.0 Å². The number of hydrogen-bond donors (Lipinski definition) is 0. The van der Waals surface area contributed by atoms with Gasteiger partial charge < -0.3 is 9.47 Å². The molecule has 1 aliphatic rings. The third-order valence-corrected chi connectivity index (χ3v) is 6.34. The number of anilines is 1. The zero-order chi connectivity index (χ0) is 27.7. The molecule has 1 heterocycles. The topological polar surface area (TPSA) is 116 Å². The summed E-state index contributed by atoms with van der Waals surface area (Å²) >= 11 is 0. The van der Waals surface area contributed by atoms with Crippen LogP contribution in [0.2, 0.25) is 0 Å². The van der Waals surface area contributed by atoms with Crippen LogP contribution in [0.25, 0.3) is 0 Å². The Balaban J connectivity index is 1.28. The van der Waals surface area contributed by atoms with Crippen LogP contribution in [-0.4, -0.2) is 22.7 Å². The van der Waals surface area contributed by atoms with Crippen LogP contribution in [0.15, 0.2) is 84.9 Å². The van der Waals surface area contributed by atoms with Crippen molar-refractivity contribution in [3.63, 3.8) is 0 Å². The highest BCUT2D eigenvalue weighted by atomic mass is 16.6. The van der Waals surface area contributed by atoms with Gasteiger partial charge in [-0.2, -0.15) is 0 Å². The van der Waals surface area contributed by atoms with Gasteiger partial charge in [-0.15, -0.1) is 0 Å². The molecule has 0 unspecified atom stereocenters. The van der Waals surface area contributed by atoms with Crippen molar-refractivity contribution in [2.45, 2.75) is 20.5 Å². The Morgan fingerprint density at radius 1 is 0.821 bits per heavy atom. The van der Waals surface area contributed by atoms with E-state index in [2.05, 4.69) is 0 Å². The number of aryl methyl sites for hydroxylation is 2. The number of nitro groups is 1. The van der Waals surface area contributed by atoms with Gasteiger partial charge >= 0.3 is 5.97 Å². The van der Waals surface area contributed by atoms with Gasteiger partial charge in [-0.05, 0) is 73.0 Å². The number of para-hydroxylation sites is 1. The third kappa shape index (κ3) is 4.97. The molecule has 9 heteroatoms. The first-order valence-electron chi connectivity index (χ1n) is 12.0. The number of benzene rings is 4. The fourth-order valence-electron chi connectivity index (χ4n) is 4.43. The Morgan fingerprint density at radius 3 is 2.18 bits per heavy atom. The van der Waals surface area contributed by atoms with Crippen LogP contribution in [-0.2, 0) is 11.3 Å². The van der Waals surface area contributed by atoms with E-state index in [1.54, 1.807) is 24.3 Å². The summed E-state index contributed by atoms with van der Waals surface area (Å²) < 4.78 is 11.2. The minimum absolute atomic E-state index is 0.0429. The molecule has 0 fully saturated rings. The van der Waals surface area contributed by atoms with Crippen molar-refractivity contribution in [1.82, 2.24) is 0 Å². The van der Waals surface area contributed by atoms with E-state index in [4.69, 9.17) is 9.47 Å². The Kier molecular flexibility index (Phi) is 6.64. The summed E-state index contributed by atoms with van der Waals surface area (Å²) in [6, 6.07) is 22.4. The summed E-state index contributed by atoms with van der Waals surface area (Å²) in [5, 5.41) is 10.8. The van der Waals surface area contributed by atoms with Gasteiger partial charge in [0.25, 0.3) is 17.5 Å². The molecule has 5 rings (SSSR count). The van der Waals surface area contributed by atoms with Crippen molar-refractivity contribution < 1.29 is 28.8 Å². The van der Waals surface area contributed by atoms with E-state index >= 15 is 0 Å². The van der Waals surface area contributed by atoms with Gasteiger partial charge in [0, 0.05) is 12.1 Å². The average molecular weight is 523 g/mol. The predicted octanol–water partition coefficient (Wildman–Crippen LogP) is 6.16. The summed E-state index contributed by atoms with van der Waals surface area (Å²) in [6.45, 7) is 3.61. The van der Waals surface area contributed by atoms with E-state index in [0.717, 1.165) is 16.0 Å². The SMILES string of the molecule is Cc1cccc(C)c1N1C(=O)c2ccc(C(=O)OCc3cccc(Oc4ccc([N+](=O)[O-])cc4)c3)cc2C1=O. The lowest BCUT2D eigenvalue weighted by Crippen LogP contribution is -2.30. The lowest BCUT2D eigenvalue weighted by Gasteiger charge is -2.19. The molecule has 4 aromatic carbocycles. The van der Waals surface area contributed by atoms with E-state index < -0.39 is 22.7 Å². The number of hydrogen-bond acceptors (Lipinski definition) is 7. The number of rotatable bonds is 7. The van der Waals surface area contributed by atoms with Crippen LogP contribution in [0.1, 0.15) is 47.8 Å². The van der Waals surface area contributed by atoms with E-state index in [0.29, 0.717) is 22.7 Å². The molecular weight excluding hydrogens is 500 g/mol. The molecule has 0 atom stereocenters. The monoisotopic (exact) mass is 522 g/mol. The minimum atomic E-state index is -0.648. The van der Waals surface area contributed by atoms with Crippen LogP contribution < -0.4 is 9.64 Å². The molecule has 0 bridgehead atoms. The molecule has 0 aliphatic carbocycles. The van der Waals surface area contributed by atoms with Gasteiger partial charge in [0.05, 0.1) is 27.3 Å². The second-order valence-corrected chi connectivity index (χ2v) is 9.02. The highest BCUT2D eigenvalue weighted by molar-refractivity contribution is 6.35. The van der Waals surface area contributed by atoms with Gasteiger partial charge in [0.1, 0.15) is 18.1 Å². The fourth-order valence-corrected chi connectivity index (χ4v) is 4.43. The van der Waals surface area contributed by atoms with Crippen LogP contribution in [0.4, 0.5) is 11.4 Å². The van der Waals surface area contributed by atoms with Crippen LogP contribution in [0.3, 0.4) is 0 Å². The van der Waals surface area contributed by atoms with Gasteiger partial charge in [0.15, 0.2) is 0 Å². The van der Waals surface area contributed by atoms with Crippen molar-refractivity contribution >= 4 is 29.2 Å². The predicted molar refractivity (Wildman–Crippen MR) is 142 cm³/mol. The number of imide groups is 1. The maximum absolute atomic E-state index is 13.2. The number of carbonyl (C=O) groups is 3. The molecule has 0 saturated carbocycles. The summed E-state index contributed by atoms with van der Waals surface area (Å²) in [5.41, 5.74) is 3.27. The Bertz CT molecular complexity index is 1620. The molecule has 1 aliphatic heterocycles. The average Bonchev–Trinajstić information content (AvgIpc) is 3.17. The number of non-ortho nitro benzene ring substituents is 1. The van der Waals surface area contributed by atoms with Crippen LogP contribution >= 0.6 is 0 Å².